The van der Waals surface area contributed by atoms with Crippen molar-refractivity contribution in [3.8, 4) is 5.75 Å². The lowest BCUT2D eigenvalue weighted by Gasteiger charge is -2.24. The number of sulfonamides is 1. The number of nitrogens with one attached hydrogen (secondary N) is 2. The van der Waals surface area contributed by atoms with Gasteiger partial charge >= 0.3 is 0 Å². The van der Waals surface area contributed by atoms with Gasteiger partial charge in [-0.25, -0.2) is 13.1 Å². The van der Waals surface area contributed by atoms with Crippen LogP contribution in [0.5, 0.6) is 5.75 Å². The van der Waals surface area contributed by atoms with Gasteiger partial charge in [-0.1, -0.05) is 29.8 Å². The molecule has 8 nitrogen and oxygen atoms in total. The third-order valence-electron chi connectivity index (χ3n) is 4.81. The number of hydrogen-bond donors (Lipinski definition) is 2. The third kappa shape index (κ3) is 8.54. The summed E-state index contributed by atoms with van der Waals surface area (Å²) in [5.41, 5.74) is 1.81. The normalized spacial score (nSPS) is 11.3. The minimum absolute atomic E-state index is 0.0243. The molecule has 2 N–H and O–H groups in total. The van der Waals surface area contributed by atoms with E-state index in [-0.39, 0.29) is 24.2 Å². The Labute approximate surface area is 211 Å². The van der Waals surface area contributed by atoms with Crippen LogP contribution < -0.4 is 19.7 Å². The number of anilines is 2. The van der Waals surface area contributed by atoms with Gasteiger partial charge in [-0.3, -0.25) is 9.78 Å². The molecule has 0 aliphatic heterocycles. The molecule has 186 valence electrons. The minimum Gasteiger partial charge on any atom is -0.492 e. The molecule has 3 aromatic rings. The molecule has 1 heterocycles. The Morgan fingerprint density at radius 3 is 2.49 bits per heavy atom. The van der Waals surface area contributed by atoms with Crippen LogP contribution in [0.4, 0.5) is 11.4 Å². The van der Waals surface area contributed by atoms with Crippen LogP contribution in [0, 0.1) is 0 Å². The largest absolute Gasteiger partial charge is 0.492 e. The Bertz CT molecular complexity index is 1210. The van der Waals surface area contributed by atoms with Gasteiger partial charge in [0, 0.05) is 53.5 Å². The summed E-state index contributed by atoms with van der Waals surface area (Å²) in [7, 11) is -3.56. The second-order valence-corrected chi connectivity index (χ2v) is 10.4. The summed E-state index contributed by atoms with van der Waals surface area (Å²) in [5.74, 6) is -0.172. The van der Waals surface area contributed by atoms with E-state index in [1.54, 1.807) is 68.7 Å². The van der Waals surface area contributed by atoms with Crippen LogP contribution in [0.25, 0.3) is 0 Å². The Morgan fingerprint density at radius 2 is 1.80 bits per heavy atom. The van der Waals surface area contributed by atoms with E-state index in [1.165, 1.54) is 4.90 Å². The summed E-state index contributed by atoms with van der Waals surface area (Å²) in [6.45, 7) is 4.35. The summed E-state index contributed by atoms with van der Waals surface area (Å²) < 4.78 is 33.1. The zero-order chi connectivity index (χ0) is 25.3. The highest BCUT2D eigenvalue weighted by Crippen LogP contribution is 2.24. The maximum Gasteiger partial charge on any atom is 0.258 e. The van der Waals surface area contributed by atoms with Gasteiger partial charge in [0.1, 0.15) is 12.4 Å². The van der Waals surface area contributed by atoms with Gasteiger partial charge in [-0.05, 0) is 56.3 Å². The van der Waals surface area contributed by atoms with Crippen LogP contribution in [-0.4, -0.2) is 50.8 Å². The first kappa shape index (κ1) is 26.5. The van der Waals surface area contributed by atoms with Crippen molar-refractivity contribution in [3.63, 3.8) is 0 Å². The smallest absolute Gasteiger partial charge is 0.258 e. The fourth-order valence-corrected chi connectivity index (χ4v) is 4.83. The van der Waals surface area contributed by atoms with E-state index in [9.17, 15) is 13.2 Å². The molecule has 0 bridgehead atoms. The number of hydrogen-bond acceptors (Lipinski definition) is 6. The molecule has 0 radical (unpaired) electrons. The molecule has 10 heteroatoms. The van der Waals surface area contributed by atoms with Gasteiger partial charge in [-0.2, -0.15) is 0 Å². The molecule has 3 rings (SSSR count). The molecule has 2 aromatic carbocycles. The Balaban J connectivity index is 1.73. The lowest BCUT2D eigenvalue weighted by molar-refractivity contribution is 0.0988. The van der Waals surface area contributed by atoms with E-state index in [0.29, 0.717) is 35.2 Å². The maximum absolute atomic E-state index is 13.5. The molecule has 0 unspecified atom stereocenters. The average molecular weight is 517 g/mol. The summed E-state index contributed by atoms with van der Waals surface area (Å²) in [5, 5.41) is 3.56. The highest BCUT2D eigenvalue weighted by Gasteiger charge is 2.22. The number of aromatic nitrogens is 1. The van der Waals surface area contributed by atoms with E-state index >= 15 is 0 Å². The molecule has 1 aromatic heterocycles. The van der Waals surface area contributed by atoms with Crippen LogP contribution in [-0.2, 0) is 10.0 Å². The molecular formula is C25H29ClN4O4S. The summed E-state index contributed by atoms with van der Waals surface area (Å²) in [4.78, 5) is 18.9. The summed E-state index contributed by atoms with van der Waals surface area (Å²) in [6.07, 6.45) is 3.39. The quantitative estimate of drug-likeness (QED) is 0.350. The van der Waals surface area contributed by atoms with Gasteiger partial charge in [0.2, 0.25) is 10.0 Å². The third-order valence-corrected chi connectivity index (χ3v) is 6.58. The highest BCUT2D eigenvalue weighted by atomic mass is 35.5. The first-order valence-corrected chi connectivity index (χ1v) is 13.2. The Kier molecular flexibility index (Phi) is 9.47. The zero-order valence-electron chi connectivity index (χ0n) is 19.6. The van der Waals surface area contributed by atoms with Gasteiger partial charge in [0.25, 0.3) is 5.91 Å². The number of carbonyl (C=O) groups is 1. The lowest BCUT2D eigenvalue weighted by Crippen LogP contribution is -2.40. The van der Waals surface area contributed by atoms with Crippen molar-refractivity contribution in [2.45, 2.75) is 19.9 Å². The van der Waals surface area contributed by atoms with Crippen LogP contribution in [0.15, 0.2) is 73.1 Å². The lowest BCUT2D eigenvalue weighted by atomic mass is 10.1. The van der Waals surface area contributed by atoms with E-state index < -0.39 is 10.0 Å². The molecule has 1 amide bonds. The maximum atomic E-state index is 13.5. The number of amides is 1. The van der Waals surface area contributed by atoms with Crippen molar-refractivity contribution < 1.29 is 17.9 Å². The highest BCUT2D eigenvalue weighted by molar-refractivity contribution is 7.89. The van der Waals surface area contributed by atoms with Gasteiger partial charge in [-0.15, -0.1) is 0 Å². The Morgan fingerprint density at radius 1 is 1.09 bits per heavy atom. The van der Waals surface area contributed by atoms with Crippen LogP contribution >= 0.6 is 11.6 Å². The molecule has 0 atom stereocenters. The predicted octanol–water partition coefficient (Wildman–Crippen LogP) is 4.20. The number of nitrogens with zero attached hydrogens (tertiary/aromatic N) is 2. The number of halogens is 1. The molecule has 0 saturated heterocycles. The summed E-state index contributed by atoms with van der Waals surface area (Å²) >= 11 is 6.28. The fraction of sp³-hybridized carbons (Fsp3) is 0.280. The first-order chi connectivity index (χ1) is 16.7. The molecule has 0 aliphatic carbocycles. The monoisotopic (exact) mass is 516 g/mol. The SMILES string of the molecule is CC(C)NS(=O)(=O)CCN(C(=O)c1cc(Cl)cc(OCCNc2ccncc2)c1)c1ccccc1. The van der Waals surface area contributed by atoms with Crippen molar-refractivity contribution in [3.05, 3.63) is 83.6 Å². The Hall–Kier alpha value is -3.14. The van der Waals surface area contributed by atoms with Gasteiger partial charge in [0.05, 0.1) is 5.75 Å². The van der Waals surface area contributed by atoms with Crippen molar-refractivity contribution in [2.24, 2.45) is 0 Å². The van der Waals surface area contributed by atoms with E-state index in [0.717, 1.165) is 5.69 Å². The number of rotatable bonds is 12. The van der Waals surface area contributed by atoms with E-state index in [4.69, 9.17) is 16.3 Å². The molecule has 35 heavy (non-hydrogen) atoms. The van der Waals surface area contributed by atoms with Crippen molar-refractivity contribution >= 4 is 38.9 Å². The molecule has 0 fully saturated rings. The van der Waals surface area contributed by atoms with Crippen molar-refractivity contribution in [1.29, 1.82) is 0 Å². The zero-order valence-corrected chi connectivity index (χ0v) is 21.2. The van der Waals surface area contributed by atoms with Crippen LogP contribution in [0.1, 0.15) is 24.2 Å². The van der Waals surface area contributed by atoms with E-state index in [1.807, 2.05) is 18.2 Å². The molecule has 0 aliphatic rings. The number of benzene rings is 2. The van der Waals surface area contributed by atoms with Crippen LogP contribution in [0.2, 0.25) is 5.02 Å². The van der Waals surface area contributed by atoms with Crippen molar-refractivity contribution in [1.82, 2.24) is 9.71 Å². The van der Waals surface area contributed by atoms with E-state index in [2.05, 4.69) is 15.0 Å². The predicted molar refractivity (Wildman–Crippen MR) is 140 cm³/mol. The van der Waals surface area contributed by atoms with Crippen LogP contribution in [0.3, 0.4) is 0 Å². The molecule has 0 spiro atoms. The standard InChI is InChI=1S/C25H29ClN4O4S/c1-19(2)29-35(32,33)15-13-30(23-6-4-3-5-7-23)25(31)20-16-21(26)18-24(17-20)34-14-12-28-22-8-10-27-11-9-22/h3-11,16-19,29H,12-15H2,1-2H3,(H,27,28). The number of para-hydroxylation sites is 1. The second kappa shape index (κ2) is 12.5. The van der Waals surface area contributed by atoms with Gasteiger partial charge in [0.15, 0.2) is 0 Å². The first-order valence-electron chi connectivity index (χ1n) is 11.2. The average Bonchev–Trinajstić information content (AvgIpc) is 2.82. The second-order valence-electron chi connectivity index (χ2n) is 8.07. The number of ether oxygens (including phenoxy) is 1. The fourth-order valence-electron chi connectivity index (χ4n) is 3.34. The molecular weight excluding hydrogens is 488 g/mol. The van der Waals surface area contributed by atoms with Gasteiger partial charge < -0.3 is 15.0 Å². The number of carbonyl (C=O) groups excluding carboxylic acids is 1. The molecule has 0 saturated carbocycles. The summed E-state index contributed by atoms with van der Waals surface area (Å²) in [6, 6.07) is 17.2. The minimum atomic E-state index is -3.56. The topological polar surface area (TPSA) is 101 Å². The van der Waals surface area contributed by atoms with Crippen molar-refractivity contribution in [2.75, 3.05) is 35.7 Å². The number of pyridine rings is 1.